The molecule has 2 rings (SSSR count). The fraction of sp³-hybridized carbons (Fsp3) is 0.364. The first kappa shape index (κ1) is 14.3. The Morgan fingerprint density at radius 3 is 2.95 bits per heavy atom. The van der Waals surface area contributed by atoms with Gasteiger partial charge in [-0.25, -0.2) is 14.8 Å². The molecule has 102 valence electrons. The molecular formula is C11H13N3O2S3. The lowest BCUT2D eigenvalue weighted by molar-refractivity contribution is 0.0525. The topological polar surface area (TPSA) is 78.1 Å². The molecule has 0 amide bonds. The second-order valence-electron chi connectivity index (χ2n) is 3.58. The van der Waals surface area contributed by atoms with Crippen molar-refractivity contribution in [3.05, 3.63) is 21.8 Å². The maximum atomic E-state index is 11.5. The van der Waals surface area contributed by atoms with E-state index in [-0.39, 0.29) is 5.97 Å². The van der Waals surface area contributed by atoms with Gasteiger partial charge in [-0.15, -0.1) is 23.1 Å². The Morgan fingerprint density at radius 1 is 1.53 bits per heavy atom. The van der Waals surface area contributed by atoms with Crippen molar-refractivity contribution in [3.8, 4) is 0 Å². The number of anilines is 1. The molecular weight excluding hydrogens is 302 g/mol. The monoisotopic (exact) mass is 315 g/mol. The van der Waals surface area contributed by atoms with E-state index in [2.05, 4.69) is 9.97 Å². The largest absolute Gasteiger partial charge is 0.461 e. The predicted molar refractivity (Wildman–Crippen MR) is 78.9 cm³/mol. The maximum absolute atomic E-state index is 11.5. The molecule has 0 bridgehead atoms. The van der Waals surface area contributed by atoms with Crippen LogP contribution in [-0.4, -0.2) is 22.5 Å². The van der Waals surface area contributed by atoms with Crippen LogP contribution in [0.2, 0.25) is 0 Å². The van der Waals surface area contributed by atoms with Gasteiger partial charge >= 0.3 is 5.97 Å². The van der Waals surface area contributed by atoms with Crippen LogP contribution in [0, 0.1) is 6.92 Å². The lowest BCUT2D eigenvalue weighted by Gasteiger charge is -1.97. The van der Waals surface area contributed by atoms with Gasteiger partial charge in [-0.2, -0.15) is 0 Å². The third kappa shape index (κ3) is 3.68. The number of nitrogens with two attached hydrogens (primary N) is 1. The number of aryl methyl sites for hydroxylation is 1. The summed E-state index contributed by atoms with van der Waals surface area (Å²) in [6.45, 7) is 4.07. The highest BCUT2D eigenvalue weighted by Gasteiger charge is 2.13. The van der Waals surface area contributed by atoms with E-state index >= 15 is 0 Å². The molecule has 0 spiro atoms. The molecule has 0 fully saturated rings. The number of hydrogen-bond donors (Lipinski definition) is 1. The van der Waals surface area contributed by atoms with Crippen LogP contribution in [0.25, 0.3) is 0 Å². The van der Waals surface area contributed by atoms with Gasteiger partial charge in [0.15, 0.2) is 5.13 Å². The average molecular weight is 315 g/mol. The summed E-state index contributed by atoms with van der Waals surface area (Å²) >= 11 is 4.40. The standard InChI is InChI=1S/C11H13N3O2S3/c1-3-16-9(15)8-14-7(4-17-8)5-18-10-6(2)13-11(12)19-10/h4H,3,5H2,1-2H3,(H2,12,13). The summed E-state index contributed by atoms with van der Waals surface area (Å²) in [5.41, 5.74) is 7.45. The van der Waals surface area contributed by atoms with E-state index in [0.29, 0.717) is 22.5 Å². The molecule has 0 aliphatic heterocycles. The van der Waals surface area contributed by atoms with Crippen LogP contribution in [0.5, 0.6) is 0 Å². The maximum Gasteiger partial charge on any atom is 0.367 e. The van der Waals surface area contributed by atoms with Crippen molar-refractivity contribution in [3.63, 3.8) is 0 Å². The molecule has 0 atom stereocenters. The van der Waals surface area contributed by atoms with E-state index in [4.69, 9.17) is 10.5 Å². The van der Waals surface area contributed by atoms with Gasteiger partial charge in [0.05, 0.1) is 22.2 Å². The van der Waals surface area contributed by atoms with E-state index in [9.17, 15) is 4.79 Å². The van der Waals surface area contributed by atoms with Crippen molar-refractivity contribution in [1.82, 2.24) is 9.97 Å². The van der Waals surface area contributed by atoms with Crippen molar-refractivity contribution in [2.45, 2.75) is 23.8 Å². The van der Waals surface area contributed by atoms with Gasteiger partial charge < -0.3 is 10.5 Å². The minimum absolute atomic E-state index is 0.359. The molecule has 0 aromatic carbocycles. The Morgan fingerprint density at radius 2 is 2.32 bits per heavy atom. The van der Waals surface area contributed by atoms with E-state index in [1.54, 1.807) is 18.7 Å². The van der Waals surface area contributed by atoms with E-state index in [0.717, 1.165) is 15.6 Å². The average Bonchev–Trinajstić information content (AvgIpc) is 2.94. The molecule has 8 heteroatoms. The fourth-order valence-corrected chi connectivity index (χ4v) is 4.07. The molecule has 5 nitrogen and oxygen atoms in total. The minimum atomic E-state index is -0.359. The quantitative estimate of drug-likeness (QED) is 0.675. The second kappa shape index (κ2) is 6.36. The molecule has 0 unspecified atom stereocenters. The van der Waals surface area contributed by atoms with E-state index in [1.165, 1.54) is 22.7 Å². The molecule has 2 heterocycles. The first-order valence-electron chi connectivity index (χ1n) is 5.57. The molecule has 19 heavy (non-hydrogen) atoms. The minimum Gasteiger partial charge on any atom is -0.461 e. The zero-order valence-electron chi connectivity index (χ0n) is 10.5. The number of aromatic nitrogens is 2. The summed E-state index contributed by atoms with van der Waals surface area (Å²) < 4.78 is 5.99. The third-order valence-electron chi connectivity index (χ3n) is 2.12. The molecule has 0 aliphatic rings. The van der Waals surface area contributed by atoms with Crippen LogP contribution in [0.15, 0.2) is 9.59 Å². The van der Waals surface area contributed by atoms with Gasteiger partial charge in [-0.05, 0) is 13.8 Å². The number of carbonyl (C=O) groups excluding carboxylic acids is 1. The summed E-state index contributed by atoms with van der Waals surface area (Å²) in [7, 11) is 0. The SMILES string of the molecule is CCOC(=O)c1nc(CSc2sc(N)nc2C)cs1. The molecule has 2 aromatic rings. The van der Waals surface area contributed by atoms with E-state index in [1.807, 2.05) is 12.3 Å². The summed E-state index contributed by atoms with van der Waals surface area (Å²) in [5.74, 6) is 0.334. The Hall–Kier alpha value is -1.12. The first-order valence-corrected chi connectivity index (χ1v) is 8.25. The summed E-state index contributed by atoms with van der Waals surface area (Å²) in [6, 6.07) is 0. The Kier molecular flexibility index (Phi) is 4.78. The fourth-order valence-electron chi connectivity index (χ4n) is 1.34. The molecule has 0 saturated carbocycles. The highest BCUT2D eigenvalue weighted by molar-refractivity contribution is 8.00. The van der Waals surface area contributed by atoms with Crippen LogP contribution < -0.4 is 5.73 Å². The van der Waals surface area contributed by atoms with Crippen molar-refractivity contribution in [1.29, 1.82) is 0 Å². The van der Waals surface area contributed by atoms with Crippen molar-refractivity contribution < 1.29 is 9.53 Å². The highest BCUT2D eigenvalue weighted by atomic mass is 32.2. The smallest absolute Gasteiger partial charge is 0.367 e. The van der Waals surface area contributed by atoms with Gasteiger partial charge in [0, 0.05) is 11.1 Å². The van der Waals surface area contributed by atoms with Crippen LogP contribution in [-0.2, 0) is 10.5 Å². The third-order valence-corrected chi connectivity index (χ3v) is 5.38. The molecule has 2 aromatic heterocycles. The number of carbonyl (C=O) groups is 1. The number of nitrogen functional groups attached to an aromatic ring is 1. The van der Waals surface area contributed by atoms with Crippen LogP contribution >= 0.6 is 34.4 Å². The van der Waals surface area contributed by atoms with Crippen molar-refractivity contribution >= 4 is 45.5 Å². The predicted octanol–water partition coefficient (Wildman–Crippen LogP) is 2.96. The summed E-state index contributed by atoms with van der Waals surface area (Å²) in [4.78, 5) is 19.9. The lowest BCUT2D eigenvalue weighted by atomic mass is 10.6. The van der Waals surface area contributed by atoms with Gasteiger partial charge in [-0.3, -0.25) is 0 Å². The summed E-state index contributed by atoms with van der Waals surface area (Å²) in [5, 5.41) is 2.85. The number of thioether (sulfide) groups is 1. The first-order chi connectivity index (χ1) is 9.10. The van der Waals surface area contributed by atoms with Gasteiger partial charge in [0.25, 0.3) is 0 Å². The summed E-state index contributed by atoms with van der Waals surface area (Å²) in [6.07, 6.45) is 0. The number of rotatable bonds is 5. The van der Waals surface area contributed by atoms with Gasteiger partial charge in [0.1, 0.15) is 0 Å². The zero-order chi connectivity index (χ0) is 13.8. The second-order valence-corrected chi connectivity index (χ2v) is 6.71. The van der Waals surface area contributed by atoms with E-state index < -0.39 is 0 Å². The zero-order valence-corrected chi connectivity index (χ0v) is 13.0. The van der Waals surface area contributed by atoms with Gasteiger partial charge in [0.2, 0.25) is 5.01 Å². The van der Waals surface area contributed by atoms with Crippen molar-refractivity contribution in [2.24, 2.45) is 0 Å². The lowest BCUT2D eigenvalue weighted by Crippen LogP contribution is -2.03. The number of thiazole rings is 2. The number of hydrogen-bond acceptors (Lipinski definition) is 8. The molecule has 2 N–H and O–H groups in total. The Labute approximate surface area is 123 Å². The normalized spacial score (nSPS) is 10.6. The Bertz CT molecular complexity index is 580. The number of ether oxygens (including phenoxy) is 1. The van der Waals surface area contributed by atoms with Crippen molar-refractivity contribution in [2.75, 3.05) is 12.3 Å². The Balaban J connectivity index is 1.97. The van der Waals surface area contributed by atoms with Crippen LogP contribution in [0.3, 0.4) is 0 Å². The highest BCUT2D eigenvalue weighted by Crippen LogP contribution is 2.32. The molecule has 0 radical (unpaired) electrons. The van der Waals surface area contributed by atoms with Crippen LogP contribution in [0.1, 0.15) is 28.1 Å². The number of nitrogens with zero attached hydrogens (tertiary/aromatic N) is 2. The molecule has 0 saturated heterocycles. The van der Waals surface area contributed by atoms with Gasteiger partial charge in [-0.1, -0.05) is 11.3 Å². The number of esters is 1. The molecule has 0 aliphatic carbocycles. The van der Waals surface area contributed by atoms with Crippen LogP contribution in [0.4, 0.5) is 5.13 Å².